The first kappa shape index (κ1) is 12.8. The van der Waals surface area contributed by atoms with E-state index in [4.69, 9.17) is 10.4 Å². The van der Waals surface area contributed by atoms with Gasteiger partial charge in [0.25, 0.3) is 0 Å². The molecule has 1 aromatic heterocycles. The van der Waals surface area contributed by atoms with Crippen LogP contribution in [0.25, 0.3) is 0 Å². The molecule has 1 saturated heterocycles. The van der Waals surface area contributed by atoms with Crippen LogP contribution in [0.1, 0.15) is 18.5 Å². The molecule has 8 nitrogen and oxygen atoms in total. The van der Waals surface area contributed by atoms with Gasteiger partial charge in [-0.2, -0.15) is 5.26 Å². The van der Waals surface area contributed by atoms with Crippen LogP contribution >= 0.6 is 0 Å². The van der Waals surface area contributed by atoms with E-state index in [1.165, 1.54) is 12.1 Å². The molecule has 0 amide bonds. The van der Waals surface area contributed by atoms with Crippen molar-refractivity contribution < 1.29 is 14.8 Å². The predicted molar refractivity (Wildman–Crippen MR) is 63.6 cm³/mol. The third-order valence-corrected chi connectivity index (χ3v) is 2.99. The largest absolute Gasteiger partial charge is 0.480 e. The second kappa shape index (κ2) is 4.89. The number of hydrogen-bond donors (Lipinski definition) is 1. The van der Waals surface area contributed by atoms with Gasteiger partial charge in [0.2, 0.25) is 5.69 Å². The fourth-order valence-electron chi connectivity index (χ4n) is 2.13. The van der Waals surface area contributed by atoms with Crippen LogP contribution in [0, 0.1) is 21.4 Å². The number of rotatable bonds is 3. The topological polar surface area (TPSA) is 120 Å². The van der Waals surface area contributed by atoms with E-state index in [1.807, 2.05) is 0 Å². The number of nitrogens with zero attached hydrogens (tertiary/aromatic N) is 4. The van der Waals surface area contributed by atoms with Crippen molar-refractivity contribution >= 4 is 17.5 Å². The molecule has 98 valence electrons. The Bertz CT molecular complexity index is 581. The molecule has 1 aliphatic rings. The number of hydrogen-bond acceptors (Lipinski definition) is 6. The number of nitro groups is 1. The van der Waals surface area contributed by atoms with E-state index in [2.05, 4.69) is 4.98 Å². The van der Waals surface area contributed by atoms with Gasteiger partial charge in [0.15, 0.2) is 0 Å². The maximum Gasteiger partial charge on any atom is 0.326 e. The highest BCUT2D eigenvalue weighted by Crippen LogP contribution is 2.27. The van der Waals surface area contributed by atoms with Gasteiger partial charge in [-0.1, -0.05) is 0 Å². The molecule has 1 N–H and O–H groups in total. The summed E-state index contributed by atoms with van der Waals surface area (Å²) < 4.78 is 0. The van der Waals surface area contributed by atoms with Crippen LogP contribution in [0.3, 0.4) is 0 Å². The summed E-state index contributed by atoms with van der Waals surface area (Å²) in [7, 11) is 0. The van der Waals surface area contributed by atoms with Crippen LogP contribution in [0.15, 0.2) is 12.1 Å². The molecule has 1 unspecified atom stereocenters. The second-order valence-corrected chi connectivity index (χ2v) is 4.10. The summed E-state index contributed by atoms with van der Waals surface area (Å²) in [6.07, 6.45) is 1.20. The lowest BCUT2D eigenvalue weighted by Crippen LogP contribution is -2.36. The Kier molecular flexibility index (Phi) is 3.29. The van der Waals surface area contributed by atoms with Crippen LogP contribution in [-0.4, -0.2) is 33.6 Å². The first-order valence-corrected chi connectivity index (χ1v) is 5.59. The highest BCUT2D eigenvalue weighted by atomic mass is 16.6. The van der Waals surface area contributed by atoms with Gasteiger partial charge in [-0.15, -0.1) is 0 Å². The highest BCUT2D eigenvalue weighted by Gasteiger charge is 2.32. The number of nitriles is 1. The van der Waals surface area contributed by atoms with Gasteiger partial charge >= 0.3 is 11.7 Å². The van der Waals surface area contributed by atoms with E-state index in [0.29, 0.717) is 19.4 Å². The molecule has 0 aromatic carbocycles. The molecule has 2 heterocycles. The predicted octanol–water partition coefficient (Wildman–Crippen LogP) is 0.915. The van der Waals surface area contributed by atoms with Crippen molar-refractivity contribution in [1.82, 2.24) is 4.98 Å². The summed E-state index contributed by atoms with van der Waals surface area (Å²) in [5.41, 5.74) is -0.684. The standard InChI is InChI=1S/C11H10N4O4/c12-6-7-8(15(18)19)3-4-10(13-7)14-5-1-2-9(14)11(16)17/h3-4,9H,1-2,5H2,(H,16,17). The van der Waals surface area contributed by atoms with Gasteiger partial charge in [0, 0.05) is 12.6 Å². The highest BCUT2D eigenvalue weighted by molar-refractivity contribution is 5.78. The lowest BCUT2D eigenvalue weighted by molar-refractivity contribution is -0.385. The molecule has 0 radical (unpaired) electrons. The summed E-state index contributed by atoms with van der Waals surface area (Å²) in [6, 6.07) is 3.52. The monoisotopic (exact) mass is 262 g/mol. The van der Waals surface area contributed by atoms with Crippen molar-refractivity contribution in [2.24, 2.45) is 0 Å². The van der Waals surface area contributed by atoms with E-state index in [-0.39, 0.29) is 17.2 Å². The minimum absolute atomic E-state index is 0.284. The molecule has 19 heavy (non-hydrogen) atoms. The molecule has 1 fully saturated rings. The van der Waals surface area contributed by atoms with Crippen LogP contribution in [-0.2, 0) is 4.79 Å². The van der Waals surface area contributed by atoms with Gasteiger partial charge in [-0.3, -0.25) is 10.1 Å². The average Bonchev–Trinajstić information content (AvgIpc) is 2.87. The summed E-state index contributed by atoms with van der Waals surface area (Å²) in [5.74, 6) is -0.678. The maximum absolute atomic E-state index is 11.1. The van der Waals surface area contributed by atoms with Crippen LogP contribution in [0.2, 0.25) is 0 Å². The minimum Gasteiger partial charge on any atom is -0.480 e. The normalized spacial score (nSPS) is 18.1. The number of carboxylic acid groups (broad SMARTS) is 1. The summed E-state index contributed by atoms with van der Waals surface area (Å²) in [4.78, 5) is 26.5. The molecule has 0 bridgehead atoms. The van der Waals surface area contributed by atoms with Crippen molar-refractivity contribution in [3.05, 3.63) is 27.9 Å². The Morgan fingerprint density at radius 1 is 1.63 bits per heavy atom. The number of carboxylic acids is 1. The Morgan fingerprint density at radius 3 is 2.95 bits per heavy atom. The van der Waals surface area contributed by atoms with E-state index in [9.17, 15) is 14.9 Å². The van der Waals surface area contributed by atoms with Crippen molar-refractivity contribution in [3.8, 4) is 6.07 Å². The Labute approximate surface area is 108 Å². The van der Waals surface area contributed by atoms with Crippen molar-refractivity contribution in [3.63, 3.8) is 0 Å². The maximum atomic E-state index is 11.1. The van der Waals surface area contributed by atoms with Gasteiger partial charge < -0.3 is 10.0 Å². The fourth-order valence-corrected chi connectivity index (χ4v) is 2.13. The molecule has 1 aliphatic heterocycles. The Hall–Kier alpha value is -2.69. The number of pyridine rings is 1. The molecular formula is C11H10N4O4. The molecule has 2 rings (SSSR count). The lowest BCUT2D eigenvalue weighted by atomic mass is 10.2. The third-order valence-electron chi connectivity index (χ3n) is 2.99. The SMILES string of the molecule is N#Cc1nc(N2CCCC2C(=O)O)ccc1[N+](=O)[O-]. The zero-order valence-corrected chi connectivity index (χ0v) is 9.81. The fraction of sp³-hybridized carbons (Fsp3) is 0.364. The molecule has 0 saturated carbocycles. The van der Waals surface area contributed by atoms with E-state index < -0.39 is 16.9 Å². The quantitative estimate of drug-likeness (QED) is 0.634. The number of carbonyl (C=O) groups is 1. The minimum atomic E-state index is -0.962. The van der Waals surface area contributed by atoms with E-state index in [0.717, 1.165) is 0 Å². The molecule has 1 aromatic rings. The molecular weight excluding hydrogens is 252 g/mol. The molecule has 8 heteroatoms. The van der Waals surface area contributed by atoms with Gasteiger partial charge in [-0.05, 0) is 18.9 Å². The second-order valence-electron chi connectivity index (χ2n) is 4.10. The first-order chi connectivity index (χ1) is 9.04. The molecule has 1 atom stereocenters. The molecule has 0 aliphatic carbocycles. The van der Waals surface area contributed by atoms with Crippen LogP contribution in [0.5, 0.6) is 0 Å². The van der Waals surface area contributed by atoms with E-state index >= 15 is 0 Å². The number of anilines is 1. The third kappa shape index (κ3) is 2.30. The molecule has 0 spiro atoms. The van der Waals surface area contributed by atoms with Crippen molar-refractivity contribution in [1.29, 1.82) is 5.26 Å². The smallest absolute Gasteiger partial charge is 0.326 e. The zero-order valence-electron chi connectivity index (χ0n) is 9.81. The van der Waals surface area contributed by atoms with Gasteiger partial charge in [0.05, 0.1) is 4.92 Å². The van der Waals surface area contributed by atoms with Crippen molar-refractivity contribution in [2.45, 2.75) is 18.9 Å². The number of aromatic nitrogens is 1. The lowest BCUT2D eigenvalue weighted by Gasteiger charge is -2.22. The van der Waals surface area contributed by atoms with E-state index in [1.54, 1.807) is 11.0 Å². The van der Waals surface area contributed by atoms with Gasteiger partial charge in [0.1, 0.15) is 17.9 Å². The zero-order chi connectivity index (χ0) is 14.0. The first-order valence-electron chi connectivity index (χ1n) is 5.59. The summed E-state index contributed by atoms with van der Waals surface area (Å²) in [5, 5.41) is 28.6. The summed E-state index contributed by atoms with van der Waals surface area (Å²) >= 11 is 0. The summed E-state index contributed by atoms with van der Waals surface area (Å²) in [6.45, 7) is 0.507. The van der Waals surface area contributed by atoms with Gasteiger partial charge in [-0.25, -0.2) is 9.78 Å². The Balaban J connectivity index is 2.39. The Morgan fingerprint density at radius 2 is 2.37 bits per heavy atom. The van der Waals surface area contributed by atoms with Crippen LogP contribution in [0.4, 0.5) is 11.5 Å². The van der Waals surface area contributed by atoms with Crippen LogP contribution < -0.4 is 4.90 Å². The number of aliphatic carboxylic acids is 1. The van der Waals surface area contributed by atoms with Crippen molar-refractivity contribution in [2.75, 3.05) is 11.4 Å². The average molecular weight is 262 g/mol.